The Labute approximate surface area is 215 Å². The smallest absolute Gasteiger partial charge is 0.223 e. The lowest BCUT2D eigenvalue weighted by atomic mass is 9.34. The van der Waals surface area contributed by atoms with Gasteiger partial charge in [0.2, 0.25) is 11.7 Å². The number of ether oxygens (including phenoxy) is 1. The topological polar surface area (TPSA) is 69.4 Å². The first kappa shape index (κ1) is 25.5. The highest BCUT2D eigenvalue weighted by Crippen LogP contribution is 2.75. The molecular formula is C31H42FNO3. The third kappa shape index (κ3) is 3.16. The summed E-state index contributed by atoms with van der Waals surface area (Å²) in [6, 6.07) is 0. The average molecular weight is 496 g/mol. The van der Waals surface area contributed by atoms with E-state index >= 15 is 0 Å². The lowest BCUT2D eigenvalue weighted by molar-refractivity contribution is -0.167. The molecule has 0 radical (unpaired) electrons. The highest BCUT2D eigenvalue weighted by Gasteiger charge is 2.67. The van der Waals surface area contributed by atoms with Gasteiger partial charge in [0.1, 0.15) is 13.3 Å². The van der Waals surface area contributed by atoms with Crippen molar-refractivity contribution in [2.75, 3.05) is 13.3 Å². The molecule has 196 valence electrons. The van der Waals surface area contributed by atoms with Crippen LogP contribution in [0.4, 0.5) is 4.39 Å². The molecule has 0 aromatic heterocycles. The van der Waals surface area contributed by atoms with Crippen LogP contribution in [0.15, 0.2) is 46.3 Å². The van der Waals surface area contributed by atoms with Crippen LogP contribution >= 0.6 is 0 Å². The van der Waals surface area contributed by atoms with Gasteiger partial charge in [0, 0.05) is 16.4 Å². The number of alkyl halides is 1. The van der Waals surface area contributed by atoms with Gasteiger partial charge in [-0.3, -0.25) is 9.59 Å². The summed E-state index contributed by atoms with van der Waals surface area (Å²) in [4.78, 5) is 25.6. The van der Waals surface area contributed by atoms with Crippen LogP contribution in [0, 0.1) is 33.0 Å². The normalized spacial score (nSPS) is 43.8. The van der Waals surface area contributed by atoms with E-state index < -0.39 is 12.1 Å². The molecule has 3 saturated carbocycles. The zero-order valence-electron chi connectivity index (χ0n) is 22.9. The van der Waals surface area contributed by atoms with Gasteiger partial charge in [0.15, 0.2) is 5.76 Å². The van der Waals surface area contributed by atoms with Crippen LogP contribution in [0.1, 0.15) is 86.5 Å². The predicted octanol–water partition coefficient (Wildman–Crippen LogP) is 6.53. The second-order valence-corrected chi connectivity index (χ2v) is 13.5. The van der Waals surface area contributed by atoms with Crippen molar-refractivity contribution in [3.8, 4) is 0 Å². The van der Waals surface area contributed by atoms with Crippen LogP contribution in [-0.4, -0.2) is 25.0 Å². The molecule has 0 aliphatic heterocycles. The van der Waals surface area contributed by atoms with Gasteiger partial charge in [-0.25, -0.2) is 4.39 Å². The first-order chi connectivity index (χ1) is 16.8. The fourth-order valence-electron chi connectivity index (χ4n) is 8.99. The predicted molar refractivity (Wildman–Crippen MR) is 139 cm³/mol. The highest BCUT2D eigenvalue weighted by molar-refractivity contribution is 6.07. The minimum atomic E-state index is -0.618. The molecule has 0 aromatic rings. The van der Waals surface area contributed by atoms with Crippen molar-refractivity contribution in [3.05, 3.63) is 46.3 Å². The molecule has 6 atom stereocenters. The van der Waals surface area contributed by atoms with E-state index in [4.69, 9.17) is 10.5 Å². The summed E-state index contributed by atoms with van der Waals surface area (Å²) in [6.45, 7) is 12.9. The molecule has 0 unspecified atom stereocenters. The summed E-state index contributed by atoms with van der Waals surface area (Å²) in [7, 11) is 0. The Bertz CT molecular complexity index is 1160. The Kier molecular flexibility index (Phi) is 5.60. The van der Waals surface area contributed by atoms with Crippen molar-refractivity contribution in [2.45, 2.75) is 86.5 Å². The minimum absolute atomic E-state index is 0.0351. The monoisotopic (exact) mass is 495 g/mol. The van der Waals surface area contributed by atoms with Crippen molar-refractivity contribution >= 4 is 11.7 Å². The number of primary amides is 1. The van der Waals surface area contributed by atoms with Gasteiger partial charge >= 0.3 is 0 Å². The van der Waals surface area contributed by atoms with Gasteiger partial charge in [-0.1, -0.05) is 52.3 Å². The number of hydrogen-bond donors (Lipinski definition) is 1. The number of nitrogens with two attached hydrogens (primary N) is 1. The SMILES string of the molecule is CC1=C(OCCF)C(=O)C=C2C1=CC=C1[C@@]2(C)CC[C@@]2(C)[C@@H]3C[C@](C)(C(N)=O)CC[C@]3(C)CC[C@]12C. The number of carbonyl (C=O) groups excluding carboxylic acids is 2. The van der Waals surface area contributed by atoms with Crippen LogP contribution in [0.3, 0.4) is 0 Å². The zero-order chi connectivity index (χ0) is 26.3. The lowest BCUT2D eigenvalue weighted by Crippen LogP contribution is -2.62. The highest BCUT2D eigenvalue weighted by atomic mass is 19.1. The van der Waals surface area contributed by atoms with Gasteiger partial charge in [-0.15, -0.1) is 0 Å². The maximum atomic E-state index is 13.1. The van der Waals surface area contributed by atoms with Crippen LogP contribution in [0.25, 0.3) is 0 Å². The summed E-state index contributed by atoms with van der Waals surface area (Å²) in [5, 5.41) is 0. The van der Waals surface area contributed by atoms with E-state index in [-0.39, 0.29) is 45.7 Å². The fourth-order valence-corrected chi connectivity index (χ4v) is 8.99. The summed E-state index contributed by atoms with van der Waals surface area (Å²) in [5.74, 6) is 0.366. The quantitative estimate of drug-likeness (QED) is 0.482. The number of fused-ring (bicyclic) bond motifs is 7. The maximum absolute atomic E-state index is 13.1. The molecule has 0 bridgehead atoms. The Morgan fingerprint density at radius 1 is 1.06 bits per heavy atom. The Morgan fingerprint density at radius 3 is 2.42 bits per heavy atom. The largest absolute Gasteiger partial charge is 0.486 e. The lowest BCUT2D eigenvalue weighted by Gasteiger charge is -2.70. The zero-order valence-corrected chi connectivity index (χ0v) is 22.9. The van der Waals surface area contributed by atoms with Crippen molar-refractivity contribution < 1.29 is 18.7 Å². The van der Waals surface area contributed by atoms with E-state index in [2.05, 4.69) is 46.8 Å². The molecule has 5 rings (SSSR count). The number of halogens is 1. The van der Waals surface area contributed by atoms with E-state index in [9.17, 15) is 14.0 Å². The minimum Gasteiger partial charge on any atom is -0.486 e. The third-order valence-electron chi connectivity index (χ3n) is 11.8. The number of ketones is 1. The van der Waals surface area contributed by atoms with Crippen molar-refractivity contribution in [1.82, 2.24) is 0 Å². The molecule has 0 aromatic carbocycles. The fraction of sp³-hybridized carbons (Fsp3) is 0.677. The van der Waals surface area contributed by atoms with E-state index in [1.807, 2.05) is 6.92 Å². The second-order valence-electron chi connectivity index (χ2n) is 13.5. The van der Waals surface area contributed by atoms with Crippen molar-refractivity contribution in [3.63, 3.8) is 0 Å². The molecule has 1 amide bonds. The molecule has 36 heavy (non-hydrogen) atoms. The van der Waals surface area contributed by atoms with Crippen molar-refractivity contribution in [1.29, 1.82) is 0 Å². The van der Waals surface area contributed by atoms with Crippen LogP contribution in [0.2, 0.25) is 0 Å². The van der Waals surface area contributed by atoms with Crippen LogP contribution in [0.5, 0.6) is 0 Å². The van der Waals surface area contributed by atoms with Crippen LogP contribution < -0.4 is 5.73 Å². The molecular weight excluding hydrogens is 453 g/mol. The van der Waals surface area contributed by atoms with Gasteiger partial charge in [0.05, 0.1) is 0 Å². The second kappa shape index (κ2) is 7.91. The first-order valence-electron chi connectivity index (χ1n) is 13.7. The van der Waals surface area contributed by atoms with Crippen molar-refractivity contribution in [2.24, 2.45) is 38.7 Å². The summed E-state index contributed by atoms with van der Waals surface area (Å²) in [5.41, 5.74) is 9.81. The van der Waals surface area contributed by atoms with E-state index in [1.165, 1.54) is 5.57 Å². The number of allylic oxidation sites excluding steroid dienone is 7. The maximum Gasteiger partial charge on any atom is 0.223 e. The molecule has 0 heterocycles. The van der Waals surface area contributed by atoms with Crippen LogP contribution in [-0.2, 0) is 14.3 Å². The summed E-state index contributed by atoms with van der Waals surface area (Å²) >= 11 is 0. The third-order valence-corrected chi connectivity index (χ3v) is 11.8. The van der Waals surface area contributed by atoms with Gasteiger partial charge in [-0.05, 0) is 91.3 Å². The standard InChI is InChI=1S/C31H42FNO3/c1-19-20-7-8-23-29(4,21(20)17-22(34)25(19)36-16-15-32)12-14-31(6)24-18-28(3,26(33)35)10-9-27(24,2)11-13-30(23,31)5/h7-8,17,24H,9-16,18H2,1-6H3,(H2,33,35)/t24-,27-,28-,29+,30-,31+/m1/s1. The number of carbonyl (C=O) groups is 2. The number of hydrogen-bond acceptors (Lipinski definition) is 3. The molecule has 5 aliphatic carbocycles. The van der Waals surface area contributed by atoms with Gasteiger partial charge in [-0.2, -0.15) is 0 Å². The number of amides is 1. The Hall–Kier alpha value is -2.17. The summed E-state index contributed by atoms with van der Waals surface area (Å²) < 4.78 is 18.3. The molecule has 3 fully saturated rings. The Balaban J connectivity index is 1.60. The first-order valence-corrected chi connectivity index (χ1v) is 13.7. The van der Waals surface area contributed by atoms with Gasteiger partial charge < -0.3 is 10.5 Å². The average Bonchev–Trinajstić information content (AvgIpc) is 2.82. The molecule has 5 heteroatoms. The number of rotatable bonds is 4. The van der Waals surface area contributed by atoms with E-state index in [1.54, 1.807) is 6.08 Å². The van der Waals surface area contributed by atoms with Gasteiger partial charge in [0.25, 0.3) is 0 Å². The molecule has 0 spiro atoms. The van der Waals surface area contributed by atoms with E-state index in [0.717, 1.165) is 61.7 Å². The Morgan fingerprint density at radius 2 is 1.75 bits per heavy atom. The summed E-state index contributed by atoms with van der Waals surface area (Å²) in [6.07, 6.45) is 13.2. The molecule has 0 saturated heterocycles. The van der Waals surface area contributed by atoms with E-state index in [0.29, 0.717) is 5.92 Å². The molecule has 5 aliphatic rings. The molecule has 4 nitrogen and oxygen atoms in total. The molecule has 2 N–H and O–H groups in total.